The highest BCUT2D eigenvalue weighted by molar-refractivity contribution is 9.10. The fourth-order valence-electron chi connectivity index (χ4n) is 1.85. The number of rotatable bonds is 4. The summed E-state index contributed by atoms with van der Waals surface area (Å²) in [6.45, 7) is 0. The molecule has 0 N–H and O–H groups in total. The summed E-state index contributed by atoms with van der Waals surface area (Å²) in [6, 6.07) is 7.71. The maximum Gasteiger partial charge on any atom is 0.162 e. The number of ketones is 1. The third kappa shape index (κ3) is 3.48. The number of benzene rings is 2. The summed E-state index contributed by atoms with van der Waals surface area (Å²) in [5.74, 6) is -2.77. The predicted octanol–water partition coefficient (Wildman–Crippen LogP) is 4.22. The Morgan fingerprint density at radius 1 is 1.00 bits per heavy atom. The average molecular weight is 343 g/mol. The Labute approximate surface area is 122 Å². The zero-order chi connectivity index (χ0) is 14.7. The van der Waals surface area contributed by atoms with Gasteiger partial charge in [-0.3, -0.25) is 4.79 Å². The normalized spacial score (nSPS) is 10.6. The molecule has 1 nitrogen and oxygen atoms in total. The topological polar surface area (TPSA) is 17.1 Å². The molecule has 5 heteroatoms. The fraction of sp³-hybridized carbons (Fsp3) is 0.133. The average Bonchev–Trinajstić information content (AvgIpc) is 2.39. The van der Waals surface area contributed by atoms with Gasteiger partial charge in [0, 0.05) is 17.3 Å². The van der Waals surface area contributed by atoms with E-state index in [0.29, 0.717) is 10.0 Å². The second-order valence-corrected chi connectivity index (χ2v) is 5.20. The van der Waals surface area contributed by atoms with Gasteiger partial charge in [0.2, 0.25) is 0 Å². The molecule has 2 rings (SSSR count). The van der Waals surface area contributed by atoms with E-state index in [0.717, 1.165) is 6.07 Å². The Bertz CT molecular complexity index is 650. The monoisotopic (exact) mass is 342 g/mol. The quantitative estimate of drug-likeness (QED) is 0.812. The van der Waals surface area contributed by atoms with Gasteiger partial charge in [0.05, 0.1) is 0 Å². The van der Waals surface area contributed by atoms with Crippen molar-refractivity contribution in [3.63, 3.8) is 0 Å². The zero-order valence-electron chi connectivity index (χ0n) is 10.3. The van der Waals surface area contributed by atoms with Crippen LogP contribution in [0.4, 0.5) is 13.2 Å². The van der Waals surface area contributed by atoms with Crippen molar-refractivity contribution in [2.24, 2.45) is 0 Å². The Kier molecular flexibility index (Phi) is 4.60. The van der Waals surface area contributed by atoms with Crippen LogP contribution in [0, 0.1) is 17.5 Å². The SMILES string of the molecule is O=C(Cc1cc(F)ccc1Br)Cc1cccc(F)c1F. The van der Waals surface area contributed by atoms with Gasteiger partial charge in [0.25, 0.3) is 0 Å². The minimum Gasteiger partial charge on any atom is -0.299 e. The number of halogens is 4. The molecule has 0 fully saturated rings. The second-order valence-electron chi connectivity index (χ2n) is 4.34. The van der Waals surface area contributed by atoms with Crippen molar-refractivity contribution in [1.29, 1.82) is 0 Å². The lowest BCUT2D eigenvalue weighted by Gasteiger charge is -2.06. The van der Waals surface area contributed by atoms with Crippen LogP contribution in [0.3, 0.4) is 0 Å². The van der Waals surface area contributed by atoms with E-state index < -0.39 is 17.5 Å². The highest BCUT2D eigenvalue weighted by Gasteiger charge is 2.13. The molecule has 2 aromatic carbocycles. The van der Waals surface area contributed by atoms with Gasteiger partial charge in [-0.25, -0.2) is 13.2 Å². The zero-order valence-corrected chi connectivity index (χ0v) is 11.9. The molecular weight excluding hydrogens is 333 g/mol. The summed E-state index contributed by atoms with van der Waals surface area (Å²) in [7, 11) is 0. The molecule has 20 heavy (non-hydrogen) atoms. The Morgan fingerprint density at radius 3 is 2.45 bits per heavy atom. The van der Waals surface area contributed by atoms with Crippen LogP contribution in [-0.2, 0) is 17.6 Å². The largest absolute Gasteiger partial charge is 0.299 e. The van der Waals surface area contributed by atoms with Crippen molar-refractivity contribution in [2.45, 2.75) is 12.8 Å². The van der Waals surface area contributed by atoms with Crippen molar-refractivity contribution >= 4 is 21.7 Å². The Balaban J connectivity index is 2.13. The van der Waals surface area contributed by atoms with Gasteiger partial charge in [-0.05, 0) is 35.4 Å². The first-order valence-corrected chi connectivity index (χ1v) is 6.65. The van der Waals surface area contributed by atoms with E-state index >= 15 is 0 Å². The molecule has 0 aliphatic carbocycles. The third-order valence-corrected chi connectivity index (χ3v) is 3.59. The lowest BCUT2D eigenvalue weighted by molar-refractivity contribution is -0.117. The molecule has 0 unspecified atom stereocenters. The highest BCUT2D eigenvalue weighted by Crippen LogP contribution is 2.20. The molecular formula is C15H10BrF3O. The molecule has 0 heterocycles. The second kappa shape index (κ2) is 6.22. The van der Waals surface area contributed by atoms with E-state index in [1.807, 2.05) is 0 Å². The fourth-order valence-corrected chi connectivity index (χ4v) is 2.24. The molecule has 2 aromatic rings. The van der Waals surface area contributed by atoms with Crippen LogP contribution in [0.2, 0.25) is 0 Å². The van der Waals surface area contributed by atoms with Gasteiger partial charge < -0.3 is 0 Å². The first-order chi connectivity index (χ1) is 9.47. The highest BCUT2D eigenvalue weighted by atomic mass is 79.9. The number of hydrogen-bond donors (Lipinski definition) is 0. The van der Waals surface area contributed by atoms with Crippen LogP contribution in [0.5, 0.6) is 0 Å². The summed E-state index contributed by atoms with van der Waals surface area (Å²) in [4.78, 5) is 11.9. The van der Waals surface area contributed by atoms with Crippen molar-refractivity contribution in [2.75, 3.05) is 0 Å². The molecule has 0 atom stereocenters. The first kappa shape index (κ1) is 14.8. The molecule has 0 aliphatic rings. The van der Waals surface area contributed by atoms with Crippen LogP contribution in [0.1, 0.15) is 11.1 Å². The summed E-state index contributed by atoms with van der Waals surface area (Å²) in [5.41, 5.74) is 0.481. The Morgan fingerprint density at radius 2 is 1.70 bits per heavy atom. The molecule has 0 radical (unpaired) electrons. The maximum absolute atomic E-state index is 13.4. The van der Waals surface area contributed by atoms with Crippen molar-refractivity contribution in [1.82, 2.24) is 0 Å². The molecule has 0 aliphatic heterocycles. The molecule has 0 aromatic heterocycles. The van der Waals surface area contributed by atoms with Crippen molar-refractivity contribution in [3.05, 3.63) is 69.4 Å². The van der Waals surface area contributed by atoms with E-state index in [2.05, 4.69) is 15.9 Å². The summed E-state index contributed by atoms with van der Waals surface area (Å²) in [6.07, 6.45) is -0.277. The number of Topliss-reactive ketones (excluding diaryl/α,β-unsaturated/α-hetero) is 1. The van der Waals surface area contributed by atoms with Gasteiger partial charge in [-0.2, -0.15) is 0 Å². The lowest BCUT2D eigenvalue weighted by atomic mass is 10.0. The lowest BCUT2D eigenvalue weighted by Crippen LogP contribution is -2.09. The van der Waals surface area contributed by atoms with Crippen molar-refractivity contribution in [3.8, 4) is 0 Å². The minimum atomic E-state index is -1.01. The van der Waals surface area contributed by atoms with Crippen LogP contribution in [0.15, 0.2) is 40.9 Å². The van der Waals surface area contributed by atoms with Crippen molar-refractivity contribution < 1.29 is 18.0 Å². The standard InChI is InChI=1S/C15H10BrF3O/c16-13-5-4-11(17)6-10(13)8-12(20)7-9-2-1-3-14(18)15(9)19/h1-6H,7-8H2. The summed E-state index contributed by atoms with van der Waals surface area (Å²) < 4.78 is 40.2. The first-order valence-electron chi connectivity index (χ1n) is 5.86. The summed E-state index contributed by atoms with van der Waals surface area (Å²) in [5, 5.41) is 0. The van der Waals surface area contributed by atoms with Crippen LogP contribution in [-0.4, -0.2) is 5.78 Å². The number of carbonyl (C=O) groups is 1. The number of carbonyl (C=O) groups excluding carboxylic acids is 1. The van der Waals surface area contributed by atoms with E-state index in [-0.39, 0.29) is 24.2 Å². The van der Waals surface area contributed by atoms with Gasteiger partial charge in [-0.15, -0.1) is 0 Å². The van der Waals surface area contributed by atoms with Crippen LogP contribution < -0.4 is 0 Å². The molecule has 104 valence electrons. The smallest absolute Gasteiger partial charge is 0.162 e. The van der Waals surface area contributed by atoms with Crippen LogP contribution >= 0.6 is 15.9 Å². The summed E-state index contributed by atoms with van der Waals surface area (Å²) >= 11 is 3.22. The van der Waals surface area contributed by atoms with E-state index in [1.165, 1.54) is 30.3 Å². The molecule has 0 spiro atoms. The van der Waals surface area contributed by atoms with Gasteiger partial charge in [0.15, 0.2) is 11.6 Å². The van der Waals surface area contributed by atoms with E-state index in [4.69, 9.17) is 0 Å². The molecule has 0 saturated carbocycles. The third-order valence-electron chi connectivity index (χ3n) is 2.81. The van der Waals surface area contributed by atoms with Gasteiger partial charge in [0.1, 0.15) is 11.6 Å². The molecule has 0 bridgehead atoms. The van der Waals surface area contributed by atoms with E-state index in [1.54, 1.807) is 0 Å². The number of hydrogen-bond acceptors (Lipinski definition) is 1. The Hall–Kier alpha value is -1.62. The van der Waals surface area contributed by atoms with Gasteiger partial charge >= 0.3 is 0 Å². The molecule has 0 amide bonds. The van der Waals surface area contributed by atoms with Crippen LogP contribution in [0.25, 0.3) is 0 Å². The van der Waals surface area contributed by atoms with Gasteiger partial charge in [-0.1, -0.05) is 28.1 Å². The predicted molar refractivity (Wildman–Crippen MR) is 72.9 cm³/mol. The maximum atomic E-state index is 13.4. The minimum absolute atomic E-state index is 0.00234. The molecule has 0 saturated heterocycles. The van der Waals surface area contributed by atoms with E-state index in [9.17, 15) is 18.0 Å².